The van der Waals surface area contributed by atoms with Crippen LogP contribution in [0.5, 0.6) is 0 Å². The minimum Gasteiger partial charge on any atom is -0.445 e. The molecule has 0 bridgehead atoms. The highest BCUT2D eigenvalue weighted by atomic mass is 16.6. The lowest BCUT2D eigenvalue weighted by Gasteiger charge is -2.07. The fourth-order valence-corrected chi connectivity index (χ4v) is 0.308. The van der Waals surface area contributed by atoms with E-state index in [1.54, 1.807) is 0 Å². The highest BCUT2D eigenvalue weighted by Gasteiger charge is 2.04. The highest BCUT2D eigenvalue weighted by molar-refractivity contribution is 5.66. The molecule has 1 radical (unpaired) electrons. The summed E-state index contributed by atoms with van der Waals surface area (Å²) in [6.45, 7) is 3.79. The molecule has 0 heterocycles. The summed E-state index contributed by atoms with van der Waals surface area (Å²) in [5.41, 5.74) is 0. The van der Waals surface area contributed by atoms with Gasteiger partial charge in [0.2, 0.25) is 0 Å². The Morgan fingerprint density at radius 2 is 2.33 bits per heavy atom. The van der Waals surface area contributed by atoms with Crippen LogP contribution in [0.1, 0.15) is 20.3 Å². The first-order valence-electron chi connectivity index (χ1n) is 3.01. The lowest BCUT2D eigenvalue weighted by atomic mass is 10.3. The van der Waals surface area contributed by atoms with Crippen molar-refractivity contribution in [3.05, 3.63) is 0 Å². The van der Waals surface area contributed by atoms with Gasteiger partial charge in [-0.15, -0.1) is 0 Å². The van der Waals surface area contributed by atoms with E-state index in [1.807, 2.05) is 13.8 Å². The van der Waals surface area contributed by atoms with Gasteiger partial charge >= 0.3 is 6.09 Å². The summed E-state index contributed by atoms with van der Waals surface area (Å²) >= 11 is 0. The number of ether oxygens (including phenoxy) is 1. The summed E-state index contributed by atoms with van der Waals surface area (Å²) in [5.74, 6) is 0. The van der Waals surface area contributed by atoms with Crippen molar-refractivity contribution in [3.8, 4) is 0 Å². The number of hydrogen-bond donors (Lipinski definition) is 0. The summed E-state index contributed by atoms with van der Waals surface area (Å²) in [6.07, 6.45) is 0.340. The van der Waals surface area contributed by atoms with Crippen molar-refractivity contribution in [1.82, 2.24) is 5.32 Å². The average Bonchev–Trinajstić information content (AvgIpc) is 1.87. The van der Waals surface area contributed by atoms with Crippen LogP contribution >= 0.6 is 0 Å². The first-order valence-corrected chi connectivity index (χ1v) is 3.01. The second-order valence-electron chi connectivity index (χ2n) is 1.83. The number of amides is 1. The van der Waals surface area contributed by atoms with Gasteiger partial charge in [0.05, 0.1) is 0 Å². The first-order chi connectivity index (χ1) is 4.20. The number of hydrogen-bond acceptors (Lipinski definition) is 2. The second-order valence-corrected chi connectivity index (χ2v) is 1.83. The summed E-state index contributed by atoms with van der Waals surface area (Å²) in [7, 11) is 1.42. The van der Waals surface area contributed by atoms with E-state index in [9.17, 15) is 4.79 Å². The van der Waals surface area contributed by atoms with Crippen LogP contribution in [0.15, 0.2) is 0 Å². The van der Waals surface area contributed by atoms with Crippen molar-refractivity contribution >= 4 is 6.09 Å². The molecule has 1 unspecified atom stereocenters. The van der Waals surface area contributed by atoms with Gasteiger partial charge in [-0.1, -0.05) is 6.92 Å². The molecule has 9 heavy (non-hydrogen) atoms. The van der Waals surface area contributed by atoms with E-state index in [4.69, 9.17) is 4.74 Å². The molecule has 3 heteroatoms. The second kappa shape index (κ2) is 4.18. The zero-order valence-corrected chi connectivity index (χ0v) is 6.05. The Bertz CT molecular complexity index is 93.1. The number of nitrogens with zero attached hydrogens (tertiary/aromatic N) is 1. The third-order valence-corrected chi connectivity index (χ3v) is 1.06. The van der Waals surface area contributed by atoms with Crippen LogP contribution in [-0.4, -0.2) is 19.2 Å². The minimum atomic E-state index is -0.482. The average molecular weight is 130 g/mol. The van der Waals surface area contributed by atoms with Crippen molar-refractivity contribution in [2.45, 2.75) is 26.4 Å². The Morgan fingerprint density at radius 3 is 2.67 bits per heavy atom. The van der Waals surface area contributed by atoms with E-state index in [0.29, 0.717) is 0 Å². The van der Waals surface area contributed by atoms with E-state index >= 15 is 0 Å². The number of carbonyl (C=O) groups is 1. The molecule has 0 N–H and O–H groups in total. The maximum absolute atomic E-state index is 10.4. The molecule has 0 aromatic rings. The van der Waals surface area contributed by atoms with E-state index in [1.165, 1.54) is 7.05 Å². The molecule has 53 valence electrons. The molecule has 0 fully saturated rings. The lowest BCUT2D eigenvalue weighted by molar-refractivity contribution is 0.106. The van der Waals surface area contributed by atoms with E-state index in [-0.39, 0.29) is 6.10 Å². The highest BCUT2D eigenvalue weighted by Crippen LogP contribution is 1.95. The van der Waals surface area contributed by atoms with Crippen molar-refractivity contribution in [1.29, 1.82) is 0 Å². The van der Waals surface area contributed by atoms with Crippen molar-refractivity contribution in [3.63, 3.8) is 0 Å². The van der Waals surface area contributed by atoms with Crippen molar-refractivity contribution in [2.24, 2.45) is 0 Å². The molecule has 0 aliphatic carbocycles. The normalized spacial score (nSPS) is 12.3. The number of carbonyl (C=O) groups excluding carboxylic acids is 1. The molecule has 3 nitrogen and oxygen atoms in total. The third-order valence-electron chi connectivity index (χ3n) is 1.06. The van der Waals surface area contributed by atoms with Gasteiger partial charge in [0, 0.05) is 7.05 Å². The van der Waals surface area contributed by atoms with Gasteiger partial charge in [-0.25, -0.2) is 10.1 Å². The van der Waals surface area contributed by atoms with Gasteiger partial charge in [-0.2, -0.15) is 0 Å². The van der Waals surface area contributed by atoms with E-state index < -0.39 is 6.09 Å². The summed E-state index contributed by atoms with van der Waals surface area (Å²) in [5, 5.41) is 3.32. The molecule has 0 saturated heterocycles. The maximum Gasteiger partial charge on any atom is 0.428 e. The zero-order valence-electron chi connectivity index (χ0n) is 6.05. The number of rotatable bonds is 2. The molecule has 0 aliphatic heterocycles. The maximum atomic E-state index is 10.4. The molecular weight excluding hydrogens is 118 g/mol. The topological polar surface area (TPSA) is 40.4 Å². The lowest BCUT2D eigenvalue weighted by Crippen LogP contribution is -2.18. The fraction of sp³-hybridized carbons (Fsp3) is 0.833. The van der Waals surface area contributed by atoms with Crippen LogP contribution in [0.4, 0.5) is 4.79 Å². The molecule has 0 spiro atoms. The first kappa shape index (κ1) is 8.27. The van der Waals surface area contributed by atoms with E-state index in [2.05, 4.69) is 5.32 Å². The fourth-order valence-electron chi connectivity index (χ4n) is 0.308. The van der Waals surface area contributed by atoms with Crippen LogP contribution in [0.25, 0.3) is 0 Å². The van der Waals surface area contributed by atoms with Crippen LogP contribution in [0, 0.1) is 0 Å². The summed E-state index contributed by atoms with van der Waals surface area (Å²) in [4.78, 5) is 10.4. The van der Waals surface area contributed by atoms with Crippen LogP contribution in [0.3, 0.4) is 0 Å². The van der Waals surface area contributed by atoms with E-state index in [0.717, 1.165) is 6.42 Å². The molecule has 0 aromatic heterocycles. The standard InChI is InChI=1S/C6H12NO2/c1-4-5(2)9-6(8)7-3/h5H,4H2,1-3H3. The Hall–Kier alpha value is -0.730. The molecule has 1 amide bonds. The summed E-state index contributed by atoms with van der Waals surface area (Å²) in [6, 6.07) is 0. The molecule has 0 saturated carbocycles. The Balaban J connectivity index is 3.34. The molecular formula is C6H12NO2. The predicted octanol–water partition coefficient (Wildman–Crippen LogP) is 1.16. The Labute approximate surface area is 55.4 Å². The largest absolute Gasteiger partial charge is 0.445 e. The molecule has 0 aliphatic rings. The SMILES string of the molecule is CCC(C)OC(=O)[N]C. The van der Waals surface area contributed by atoms with Gasteiger partial charge in [0.25, 0.3) is 0 Å². The van der Waals surface area contributed by atoms with Gasteiger partial charge in [-0.3, -0.25) is 0 Å². The molecule has 1 atom stereocenters. The zero-order chi connectivity index (χ0) is 7.28. The smallest absolute Gasteiger partial charge is 0.428 e. The third kappa shape index (κ3) is 3.82. The molecule has 0 aromatic carbocycles. The Kier molecular flexibility index (Phi) is 3.84. The van der Waals surface area contributed by atoms with Gasteiger partial charge in [0.1, 0.15) is 6.10 Å². The van der Waals surface area contributed by atoms with Gasteiger partial charge in [0.15, 0.2) is 0 Å². The predicted molar refractivity (Wildman–Crippen MR) is 34.3 cm³/mol. The van der Waals surface area contributed by atoms with Gasteiger partial charge in [-0.05, 0) is 13.3 Å². The monoisotopic (exact) mass is 130 g/mol. The quantitative estimate of drug-likeness (QED) is 0.562. The minimum absolute atomic E-state index is 0.0128. The molecule has 0 rings (SSSR count). The van der Waals surface area contributed by atoms with Gasteiger partial charge < -0.3 is 4.74 Å². The van der Waals surface area contributed by atoms with Crippen molar-refractivity contribution in [2.75, 3.05) is 7.05 Å². The van der Waals surface area contributed by atoms with Crippen LogP contribution in [0.2, 0.25) is 0 Å². The van der Waals surface area contributed by atoms with Crippen LogP contribution < -0.4 is 5.32 Å². The summed E-state index contributed by atoms with van der Waals surface area (Å²) < 4.78 is 4.74. The van der Waals surface area contributed by atoms with Crippen LogP contribution in [-0.2, 0) is 4.74 Å². The van der Waals surface area contributed by atoms with Crippen molar-refractivity contribution < 1.29 is 9.53 Å². The Morgan fingerprint density at radius 1 is 1.78 bits per heavy atom.